The average molecular weight is 641 g/mol. The quantitative estimate of drug-likeness (QED) is 0.261. The molecule has 1 aromatic heterocycles. The van der Waals surface area contributed by atoms with Crippen molar-refractivity contribution in [2.45, 2.75) is 12.8 Å². The largest absolute Gasteiger partial charge is 0.179 e. The van der Waals surface area contributed by atoms with Crippen molar-refractivity contribution in [1.29, 1.82) is 0 Å². The molecule has 0 N–H and O–H groups in total. The summed E-state index contributed by atoms with van der Waals surface area (Å²) < 4.78 is 1.42. The summed E-state index contributed by atoms with van der Waals surface area (Å²) >= 11 is 3.19. The molecule has 4 aromatic carbocycles. The molecule has 4 heteroatoms. The van der Waals surface area contributed by atoms with Crippen molar-refractivity contribution in [1.82, 2.24) is 0 Å². The van der Waals surface area contributed by atoms with Crippen LogP contribution in [0.15, 0.2) is 132 Å². The van der Waals surface area contributed by atoms with Gasteiger partial charge in [-0.25, -0.2) is 0 Å². The monoisotopic (exact) mass is 638 g/mol. The summed E-state index contributed by atoms with van der Waals surface area (Å²) in [7, 11) is 0. The van der Waals surface area contributed by atoms with E-state index in [4.69, 9.17) is 0 Å². The fourth-order valence-electron chi connectivity index (χ4n) is 4.39. The minimum Gasteiger partial charge on any atom is -0.179 e. The summed E-state index contributed by atoms with van der Waals surface area (Å²) in [5.74, 6) is 0. The van der Waals surface area contributed by atoms with E-state index >= 15 is 0 Å². The first-order chi connectivity index (χ1) is 18.3. The van der Waals surface area contributed by atoms with Crippen molar-refractivity contribution in [3.63, 3.8) is 0 Å². The fourth-order valence-corrected chi connectivity index (χ4v) is 5.87. The molecule has 2 aliphatic carbocycles. The van der Waals surface area contributed by atoms with Crippen LogP contribution in [-0.2, 0) is 30.7 Å². The SMILES string of the molecule is [C-]1=C(c2ccsc2)C=CC1.[Cl-].[Cl-].[Zr+2]=[C](c1ccccc1)c1ccccc1.[c-]1cccc2c1Cc1ccccc1-2. The zero-order valence-corrected chi connectivity index (χ0v) is 26.1. The first-order valence-corrected chi connectivity index (χ1v) is 14.5. The van der Waals surface area contributed by atoms with Crippen LogP contribution in [0.2, 0.25) is 0 Å². The molecule has 7 rings (SSSR count). The maximum absolute atomic E-state index is 3.30. The first kappa shape index (κ1) is 30.9. The summed E-state index contributed by atoms with van der Waals surface area (Å²) in [6.45, 7) is 0. The Labute approximate surface area is 263 Å². The maximum atomic E-state index is 3.30. The Morgan fingerprint density at radius 3 is 1.97 bits per heavy atom. The molecule has 1 heterocycles. The smallest absolute Gasteiger partial charge is 0.0253 e. The second-order valence-corrected chi connectivity index (χ2v) is 10.7. The number of hydrogen-bond donors (Lipinski definition) is 0. The second-order valence-electron chi connectivity index (χ2n) is 8.71. The van der Waals surface area contributed by atoms with Crippen LogP contribution in [0.3, 0.4) is 0 Å². The van der Waals surface area contributed by atoms with Gasteiger partial charge in [0.2, 0.25) is 0 Å². The van der Waals surface area contributed by atoms with Gasteiger partial charge in [-0.3, -0.25) is 0 Å². The Morgan fingerprint density at radius 1 is 0.718 bits per heavy atom. The van der Waals surface area contributed by atoms with Gasteiger partial charge in [0.05, 0.1) is 0 Å². The number of hydrogen-bond acceptors (Lipinski definition) is 1. The molecule has 5 aromatic rings. The topological polar surface area (TPSA) is 0 Å². The van der Waals surface area contributed by atoms with Crippen LogP contribution in [0.4, 0.5) is 0 Å². The van der Waals surface area contributed by atoms with E-state index in [9.17, 15) is 0 Å². The summed E-state index contributed by atoms with van der Waals surface area (Å²) in [6.07, 6.45) is 9.56. The second kappa shape index (κ2) is 15.9. The van der Waals surface area contributed by atoms with Crippen molar-refractivity contribution in [2.24, 2.45) is 0 Å². The van der Waals surface area contributed by atoms with Crippen LogP contribution in [0.25, 0.3) is 16.7 Å². The number of benzene rings is 4. The van der Waals surface area contributed by atoms with Crippen LogP contribution in [0, 0.1) is 12.1 Å². The van der Waals surface area contributed by atoms with Crippen LogP contribution in [0.1, 0.15) is 34.2 Å². The molecule has 0 spiro atoms. The summed E-state index contributed by atoms with van der Waals surface area (Å²) in [5, 5.41) is 4.24. The minimum absolute atomic E-state index is 0. The zero-order chi connectivity index (χ0) is 25.3. The van der Waals surface area contributed by atoms with E-state index in [0.29, 0.717) is 0 Å². The van der Waals surface area contributed by atoms with E-state index in [0.717, 1.165) is 12.8 Å². The summed E-state index contributed by atoms with van der Waals surface area (Å²) in [6, 6.07) is 41.3. The molecule has 0 bridgehead atoms. The number of thiophene rings is 1. The normalized spacial score (nSPS) is 11.7. The molecule has 0 unspecified atom stereocenters. The van der Waals surface area contributed by atoms with Gasteiger partial charge in [0.25, 0.3) is 0 Å². The molecule has 0 saturated carbocycles. The fraction of sp³-hybridized carbons (Fsp3) is 0.0571. The van der Waals surface area contributed by atoms with Crippen molar-refractivity contribution in [3.8, 4) is 11.1 Å². The van der Waals surface area contributed by atoms with Gasteiger partial charge in [0, 0.05) is 0 Å². The van der Waals surface area contributed by atoms with Gasteiger partial charge >= 0.3 is 99.2 Å². The number of fused-ring (bicyclic) bond motifs is 3. The van der Waals surface area contributed by atoms with Crippen LogP contribution < -0.4 is 24.8 Å². The van der Waals surface area contributed by atoms with Gasteiger partial charge in [0.15, 0.2) is 0 Å². The molecule has 0 aliphatic heterocycles. The predicted octanol–water partition coefficient (Wildman–Crippen LogP) is 2.76. The Kier molecular flexibility index (Phi) is 12.6. The third-order valence-electron chi connectivity index (χ3n) is 6.27. The van der Waals surface area contributed by atoms with Gasteiger partial charge in [-0.05, 0) is 11.8 Å². The molecule has 2 aliphatic rings. The molecule has 0 nitrogen and oxygen atoms in total. The van der Waals surface area contributed by atoms with Gasteiger partial charge < -0.3 is 24.8 Å². The van der Waals surface area contributed by atoms with Crippen LogP contribution >= 0.6 is 11.3 Å². The number of rotatable bonds is 3. The van der Waals surface area contributed by atoms with Crippen LogP contribution in [-0.4, -0.2) is 3.21 Å². The Balaban J connectivity index is 0.000000160. The molecule has 0 atom stereocenters. The standard InChI is InChI=1S/C13H9.C13H10.C9H7S.2ClH.Zr/c1-3-7-12-10(5-1)9-11-6-2-4-8-13(11)12;1-3-7-12(8-4-1)11-13-9-5-2-6-10-13;1-2-4-8(3-1)9-5-6-10-7-9;;;/h1-5,7-8H,9H2;1-10H;1,3,5-7H,2H2;2*1H;/q-1;;-1;;;+2/p-2. The van der Waals surface area contributed by atoms with Crippen molar-refractivity contribution >= 4 is 20.1 Å². The van der Waals surface area contributed by atoms with E-state index in [1.54, 1.807) is 11.3 Å². The molecule has 0 saturated heterocycles. The molecule has 0 fully saturated rings. The number of allylic oxidation sites excluding steroid dienone is 4. The van der Waals surface area contributed by atoms with E-state index in [1.807, 2.05) is 6.07 Å². The zero-order valence-electron chi connectivity index (χ0n) is 21.3. The van der Waals surface area contributed by atoms with E-state index in [1.165, 1.54) is 72.0 Å². The first-order valence-electron chi connectivity index (χ1n) is 12.4. The third-order valence-corrected chi connectivity index (χ3v) is 8.37. The predicted molar refractivity (Wildman–Crippen MR) is 154 cm³/mol. The molecule has 0 amide bonds. The third kappa shape index (κ3) is 8.20. The van der Waals surface area contributed by atoms with Crippen LogP contribution in [0.5, 0.6) is 0 Å². The van der Waals surface area contributed by atoms with E-state index in [2.05, 4.69) is 138 Å². The van der Waals surface area contributed by atoms with Crippen molar-refractivity contribution < 1.29 is 49.0 Å². The average Bonchev–Trinajstić information content (AvgIpc) is 3.75. The molecular weight excluding hydrogens is 615 g/mol. The van der Waals surface area contributed by atoms with Gasteiger partial charge in [-0.1, -0.05) is 53.3 Å². The van der Waals surface area contributed by atoms with Crippen molar-refractivity contribution in [2.75, 3.05) is 0 Å². The van der Waals surface area contributed by atoms with Crippen molar-refractivity contribution in [3.05, 3.63) is 172 Å². The summed E-state index contributed by atoms with van der Waals surface area (Å²) in [5.41, 5.74) is 10.7. The molecular formula is C35H26Cl2SZr-2. The Bertz CT molecular complexity index is 1440. The Hall–Kier alpha value is -2.61. The van der Waals surface area contributed by atoms with Gasteiger partial charge in [0.1, 0.15) is 0 Å². The van der Waals surface area contributed by atoms with E-state index in [-0.39, 0.29) is 24.8 Å². The van der Waals surface area contributed by atoms with Gasteiger partial charge in [-0.15, -0.1) is 17.2 Å². The molecule has 39 heavy (non-hydrogen) atoms. The van der Waals surface area contributed by atoms with Gasteiger partial charge in [-0.2, -0.15) is 58.9 Å². The maximum Gasteiger partial charge on any atom is -0.0253 e. The number of halogens is 2. The minimum atomic E-state index is 0. The molecule has 192 valence electrons. The molecule has 0 radical (unpaired) electrons. The Morgan fingerprint density at radius 2 is 1.36 bits per heavy atom. The summed E-state index contributed by atoms with van der Waals surface area (Å²) in [4.78, 5) is 0. The van der Waals surface area contributed by atoms with E-state index < -0.39 is 0 Å².